The molecular formula is C17H20N2O. The molecule has 0 aliphatic carbocycles. The molecule has 3 heteroatoms. The maximum Gasteiger partial charge on any atom is 0.238 e. The van der Waals surface area contributed by atoms with Crippen LogP contribution in [0.1, 0.15) is 18.4 Å². The summed E-state index contributed by atoms with van der Waals surface area (Å²) in [5.41, 5.74) is 2.11. The minimum Gasteiger partial charge on any atom is -0.325 e. The smallest absolute Gasteiger partial charge is 0.238 e. The monoisotopic (exact) mass is 268 g/mol. The number of carbonyl (C=O) groups is 1. The van der Waals surface area contributed by atoms with Crippen LogP contribution < -0.4 is 10.6 Å². The third kappa shape index (κ3) is 4.52. The average molecular weight is 268 g/mol. The maximum atomic E-state index is 11.8. The number of para-hydroxylation sites is 1. The molecule has 1 atom stereocenters. The highest BCUT2D eigenvalue weighted by molar-refractivity contribution is 5.92. The van der Waals surface area contributed by atoms with Crippen LogP contribution in [0.5, 0.6) is 0 Å². The Morgan fingerprint density at radius 2 is 1.60 bits per heavy atom. The second kappa shape index (κ2) is 7.46. The molecule has 0 aliphatic heterocycles. The molecule has 0 radical (unpaired) electrons. The number of hydrogen-bond acceptors (Lipinski definition) is 2. The van der Waals surface area contributed by atoms with Crippen molar-refractivity contribution in [1.82, 2.24) is 5.32 Å². The molecule has 0 saturated heterocycles. The number of hydrogen-bond donors (Lipinski definition) is 2. The maximum absolute atomic E-state index is 11.8. The molecule has 20 heavy (non-hydrogen) atoms. The fraction of sp³-hybridized carbons (Fsp3) is 0.235. The summed E-state index contributed by atoms with van der Waals surface area (Å²) >= 11 is 0. The van der Waals surface area contributed by atoms with Crippen molar-refractivity contribution in [2.75, 3.05) is 18.4 Å². The molecule has 1 unspecified atom stereocenters. The van der Waals surface area contributed by atoms with Gasteiger partial charge in [0.1, 0.15) is 0 Å². The summed E-state index contributed by atoms with van der Waals surface area (Å²) in [7, 11) is 0. The molecule has 0 spiro atoms. The summed E-state index contributed by atoms with van der Waals surface area (Å²) in [5, 5.41) is 6.05. The molecule has 104 valence electrons. The Labute approximate surface area is 120 Å². The summed E-state index contributed by atoms with van der Waals surface area (Å²) in [5.74, 6) is 0.372. The van der Waals surface area contributed by atoms with Crippen molar-refractivity contribution < 1.29 is 4.79 Å². The highest BCUT2D eigenvalue weighted by Gasteiger charge is 2.06. The first-order chi connectivity index (χ1) is 9.75. The summed E-state index contributed by atoms with van der Waals surface area (Å²) in [6, 6.07) is 19.8. The van der Waals surface area contributed by atoms with Crippen LogP contribution in [-0.2, 0) is 4.79 Å². The van der Waals surface area contributed by atoms with Crippen molar-refractivity contribution in [3.05, 3.63) is 66.2 Å². The third-order valence-electron chi connectivity index (χ3n) is 3.16. The molecule has 2 rings (SSSR count). The fourth-order valence-electron chi connectivity index (χ4n) is 2.03. The molecular weight excluding hydrogens is 248 g/mol. The van der Waals surface area contributed by atoms with Gasteiger partial charge in [0.15, 0.2) is 0 Å². The van der Waals surface area contributed by atoms with Gasteiger partial charge in [-0.25, -0.2) is 0 Å². The Morgan fingerprint density at radius 1 is 1.00 bits per heavy atom. The standard InChI is InChI=1S/C17H20N2O/c1-14(15-8-4-2-5-9-15)12-18-13-17(20)19-16-10-6-3-7-11-16/h2-11,14,18H,12-13H2,1H3,(H,19,20). The second-order valence-corrected chi connectivity index (χ2v) is 4.86. The van der Waals surface area contributed by atoms with Gasteiger partial charge in [-0.1, -0.05) is 55.5 Å². The van der Waals surface area contributed by atoms with E-state index in [4.69, 9.17) is 0 Å². The second-order valence-electron chi connectivity index (χ2n) is 4.86. The highest BCUT2D eigenvalue weighted by Crippen LogP contribution is 2.12. The highest BCUT2D eigenvalue weighted by atomic mass is 16.1. The van der Waals surface area contributed by atoms with E-state index in [2.05, 4.69) is 29.7 Å². The summed E-state index contributed by atoms with van der Waals surface area (Å²) in [6.45, 7) is 3.26. The van der Waals surface area contributed by atoms with Crippen molar-refractivity contribution in [3.8, 4) is 0 Å². The van der Waals surface area contributed by atoms with Crippen LogP contribution in [0.3, 0.4) is 0 Å². The molecule has 0 bridgehead atoms. The zero-order chi connectivity index (χ0) is 14.2. The van der Waals surface area contributed by atoms with Crippen molar-refractivity contribution in [2.45, 2.75) is 12.8 Å². The zero-order valence-corrected chi connectivity index (χ0v) is 11.7. The van der Waals surface area contributed by atoms with E-state index in [1.165, 1.54) is 5.56 Å². The first-order valence-corrected chi connectivity index (χ1v) is 6.86. The Balaban J connectivity index is 1.72. The quantitative estimate of drug-likeness (QED) is 0.845. The van der Waals surface area contributed by atoms with Crippen LogP contribution in [0, 0.1) is 0 Å². The fourth-order valence-corrected chi connectivity index (χ4v) is 2.03. The Hall–Kier alpha value is -2.13. The van der Waals surface area contributed by atoms with Crippen molar-refractivity contribution in [3.63, 3.8) is 0 Å². The molecule has 0 fully saturated rings. The number of benzene rings is 2. The van der Waals surface area contributed by atoms with Gasteiger partial charge in [0, 0.05) is 12.2 Å². The zero-order valence-electron chi connectivity index (χ0n) is 11.7. The van der Waals surface area contributed by atoms with Gasteiger partial charge in [0.2, 0.25) is 5.91 Å². The molecule has 0 aliphatic rings. The first kappa shape index (κ1) is 14.3. The van der Waals surface area contributed by atoms with Gasteiger partial charge in [-0.2, -0.15) is 0 Å². The average Bonchev–Trinajstić information content (AvgIpc) is 2.49. The predicted octanol–water partition coefficient (Wildman–Crippen LogP) is 3.02. The minimum absolute atomic E-state index is 0.0172. The van der Waals surface area contributed by atoms with Crippen LogP contribution in [0.25, 0.3) is 0 Å². The Bertz CT molecular complexity index is 525. The van der Waals surface area contributed by atoms with Gasteiger partial charge < -0.3 is 10.6 Å². The lowest BCUT2D eigenvalue weighted by atomic mass is 10.0. The lowest BCUT2D eigenvalue weighted by molar-refractivity contribution is -0.115. The van der Waals surface area contributed by atoms with Crippen molar-refractivity contribution in [1.29, 1.82) is 0 Å². The topological polar surface area (TPSA) is 41.1 Å². The van der Waals surface area contributed by atoms with Crippen LogP contribution in [0.15, 0.2) is 60.7 Å². The third-order valence-corrected chi connectivity index (χ3v) is 3.16. The van der Waals surface area contributed by atoms with E-state index in [0.717, 1.165) is 12.2 Å². The number of nitrogens with one attached hydrogen (secondary N) is 2. The minimum atomic E-state index is -0.0172. The SMILES string of the molecule is CC(CNCC(=O)Nc1ccccc1)c1ccccc1. The largest absolute Gasteiger partial charge is 0.325 e. The van der Waals surface area contributed by atoms with E-state index in [9.17, 15) is 4.79 Å². The summed E-state index contributed by atoms with van der Waals surface area (Å²) < 4.78 is 0. The lowest BCUT2D eigenvalue weighted by Crippen LogP contribution is -2.30. The normalized spacial score (nSPS) is 11.8. The van der Waals surface area contributed by atoms with Crippen LogP contribution in [0.4, 0.5) is 5.69 Å². The van der Waals surface area contributed by atoms with E-state index in [-0.39, 0.29) is 5.91 Å². The van der Waals surface area contributed by atoms with Gasteiger partial charge in [-0.3, -0.25) is 4.79 Å². The lowest BCUT2D eigenvalue weighted by Gasteiger charge is -2.13. The van der Waals surface area contributed by atoms with Gasteiger partial charge in [0.05, 0.1) is 6.54 Å². The van der Waals surface area contributed by atoms with Crippen molar-refractivity contribution in [2.24, 2.45) is 0 Å². The number of amides is 1. The number of carbonyl (C=O) groups excluding carboxylic acids is 1. The Kier molecular flexibility index (Phi) is 5.33. The first-order valence-electron chi connectivity index (χ1n) is 6.86. The van der Waals surface area contributed by atoms with E-state index in [0.29, 0.717) is 12.5 Å². The van der Waals surface area contributed by atoms with Crippen LogP contribution in [-0.4, -0.2) is 19.0 Å². The predicted molar refractivity (Wildman–Crippen MR) is 82.8 cm³/mol. The summed E-state index contributed by atoms with van der Waals surface area (Å²) in [4.78, 5) is 11.8. The number of anilines is 1. The van der Waals surface area contributed by atoms with Gasteiger partial charge in [-0.15, -0.1) is 0 Å². The van der Waals surface area contributed by atoms with Crippen molar-refractivity contribution >= 4 is 11.6 Å². The molecule has 0 saturated carbocycles. The molecule has 0 aromatic heterocycles. The Morgan fingerprint density at radius 3 is 2.25 bits per heavy atom. The van der Waals surface area contributed by atoms with E-state index < -0.39 is 0 Å². The van der Waals surface area contributed by atoms with Gasteiger partial charge in [-0.05, 0) is 23.6 Å². The molecule has 2 N–H and O–H groups in total. The van der Waals surface area contributed by atoms with Crippen LogP contribution in [0.2, 0.25) is 0 Å². The molecule has 2 aromatic rings. The molecule has 3 nitrogen and oxygen atoms in total. The van der Waals surface area contributed by atoms with E-state index in [1.807, 2.05) is 48.5 Å². The molecule has 2 aromatic carbocycles. The molecule has 1 amide bonds. The summed E-state index contributed by atoms with van der Waals surface area (Å²) in [6.07, 6.45) is 0. The number of rotatable bonds is 6. The molecule has 0 heterocycles. The van der Waals surface area contributed by atoms with Gasteiger partial charge in [0.25, 0.3) is 0 Å². The van der Waals surface area contributed by atoms with E-state index >= 15 is 0 Å². The van der Waals surface area contributed by atoms with Crippen LogP contribution >= 0.6 is 0 Å². The van der Waals surface area contributed by atoms with E-state index in [1.54, 1.807) is 0 Å². The van der Waals surface area contributed by atoms with Gasteiger partial charge >= 0.3 is 0 Å².